The number of nitrogens with one attached hydrogen (secondary N) is 1. The monoisotopic (exact) mass is 324 g/mol. The summed E-state index contributed by atoms with van der Waals surface area (Å²) in [4.78, 5) is 32.1. The molecule has 0 atom stereocenters. The van der Waals surface area contributed by atoms with E-state index < -0.39 is 5.60 Å². The van der Waals surface area contributed by atoms with Crippen molar-refractivity contribution in [1.29, 1.82) is 0 Å². The number of carbonyl (C=O) groups is 2. The van der Waals surface area contributed by atoms with Crippen molar-refractivity contribution in [3.8, 4) is 0 Å². The van der Waals surface area contributed by atoms with Crippen molar-refractivity contribution in [2.24, 2.45) is 4.99 Å². The number of piperidine rings is 1. The molecule has 0 spiro atoms. The Hall–Kier alpha value is -1.79. The molecule has 0 aromatic carbocycles. The fourth-order valence-corrected chi connectivity index (χ4v) is 2.64. The predicted molar refractivity (Wildman–Crippen MR) is 88.5 cm³/mol. The van der Waals surface area contributed by atoms with Crippen LogP contribution in [0.2, 0.25) is 0 Å². The summed E-state index contributed by atoms with van der Waals surface area (Å²) in [5, 5.41) is 3.08. The van der Waals surface area contributed by atoms with Crippen LogP contribution in [0, 0.1) is 0 Å². The van der Waals surface area contributed by atoms with Gasteiger partial charge in [0.15, 0.2) is 0 Å². The Kier molecular flexibility index (Phi) is 5.85. The largest absolute Gasteiger partial charge is 0.444 e. The zero-order valence-corrected chi connectivity index (χ0v) is 14.4. The molecule has 0 radical (unpaired) electrons. The topological polar surface area (TPSA) is 74.2 Å². The molecule has 23 heavy (non-hydrogen) atoms. The molecule has 1 fully saturated rings. The lowest BCUT2D eigenvalue weighted by atomic mass is 10.1. The van der Waals surface area contributed by atoms with Gasteiger partial charge >= 0.3 is 6.09 Å². The third-order valence-corrected chi connectivity index (χ3v) is 3.82. The van der Waals surface area contributed by atoms with Crippen molar-refractivity contribution in [2.45, 2.75) is 45.6 Å². The number of ether oxygens (including phenoxy) is 1. The van der Waals surface area contributed by atoms with Crippen molar-refractivity contribution in [3.63, 3.8) is 0 Å². The molecule has 2 amide bonds. The SMILES string of the molecule is CC(C)(C)OC(=O)N1CCN=C(NCC(=O)N2CCCCC2)C1. The van der Waals surface area contributed by atoms with Crippen molar-refractivity contribution in [3.05, 3.63) is 0 Å². The molecule has 130 valence electrons. The van der Waals surface area contributed by atoms with Gasteiger partial charge in [-0.25, -0.2) is 4.79 Å². The average molecular weight is 324 g/mol. The van der Waals surface area contributed by atoms with E-state index in [2.05, 4.69) is 10.3 Å². The molecule has 0 bridgehead atoms. The van der Waals surface area contributed by atoms with Crippen LogP contribution in [0.4, 0.5) is 4.79 Å². The van der Waals surface area contributed by atoms with Gasteiger partial charge in [0, 0.05) is 19.6 Å². The Morgan fingerprint density at radius 3 is 2.48 bits per heavy atom. The van der Waals surface area contributed by atoms with Crippen LogP contribution in [0.25, 0.3) is 0 Å². The second-order valence-electron chi connectivity index (χ2n) is 7.03. The first-order valence-electron chi connectivity index (χ1n) is 8.38. The summed E-state index contributed by atoms with van der Waals surface area (Å²) >= 11 is 0. The minimum atomic E-state index is -0.510. The summed E-state index contributed by atoms with van der Waals surface area (Å²) in [7, 11) is 0. The average Bonchev–Trinajstić information content (AvgIpc) is 2.52. The minimum absolute atomic E-state index is 0.0989. The Morgan fingerprint density at radius 2 is 1.83 bits per heavy atom. The van der Waals surface area contributed by atoms with Crippen LogP contribution in [0.3, 0.4) is 0 Å². The van der Waals surface area contributed by atoms with Crippen LogP contribution in [0.5, 0.6) is 0 Å². The zero-order valence-electron chi connectivity index (χ0n) is 14.4. The van der Waals surface area contributed by atoms with Crippen LogP contribution < -0.4 is 5.32 Å². The van der Waals surface area contributed by atoms with Crippen LogP contribution >= 0.6 is 0 Å². The summed E-state index contributed by atoms with van der Waals surface area (Å²) in [6.45, 7) is 8.90. The molecule has 2 aliphatic heterocycles. The lowest BCUT2D eigenvalue weighted by Gasteiger charge is -2.30. The maximum absolute atomic E-state index is 12.1. The van der Waals surface area contributed by atoms with E-state index in [9.17, 15) is 9.59 Å². The Balaban J connectivity index is 1.78. The third-order valence-electron chi connectivity index (χ3n) is 3.82. The molecule has 0 aliphatic carbocycles. The molecule has 0 aromatic heterocycles. The highest BCUT2D eigenvalue weighted by Crippen LogP contribution is 2.11. The quantitative estimate of drug-likeness (QED) is 0.829. The number of carbonyl (C=O) groups excluding carboxylic acids is 2. The van der Waals surface area contributed by atoms with Crippen LogP contribution in [-0.4, -0.2) is 72.5 Å². The second kappa shape index (κ2) is 7.66. The number of amides is 2. The van der Waals surface area contributed by atoms with Crippen LogP contribution in [-0.2, 0) is 9.53 Å². The van der Waals surface area contributed by atoms with E-state index in [1.54, 1.807) is 4.90 Å². The van der Waals surface area contributed by atoms with Crippen molar-refractivity contribution in [1.82, 2.24) is 15.1 Å². The lowest BCUT2D eigenvalue weighted by Crippen LogP contribution is -2.49. The molecule has 1 N–H and O–H groups in total. The smallest absolute Gasteiger partial charge is 0.410 e. The zero-order chi connectivity index (χ0) is 16.9. The fourth-order valence-electron chi connectivity index (χ4n) is 2.64. The molecule has 7 nitrogen and oxygen atoms in total. The Morgan fingerprint density at radius 1 is 1.13 bits per heavy atom. The van der Waals surface area contributed by atoms with E-state index in [1.165, 1.54) is 6.42 Å². The molecule has 2 rings (SSSR count). The summed E-state index contributed by atoms with van der Waals surface area (Å²) in [5.74, 6) is 0.772. The first kappa shape index (κ1) is 17.6. The van der Waals surface area contributed by atoms with Crippen molar-refractivity contribution < 1.29 is 14.3 Å². The molecule has 0 unspecified atom stereocenters. The highest BCUT2D eigenvalue weighted by Gasteiger charge is 2.25. The van der Waals surface area contributed by atoms with E-state index in [0.717, 1.165) is 25.9 Å². The number of aliphatic imine (C=N–C) groups is 1. The Bertz CT molecular complexity index is 464. The number of amidine groups is 1. The van der Waals surface area contributed by atoms with E-state index in [1.807, 2.05) is 25.7 Å². The number of rotatable bonds is 2. The van der Waals surface area contributed by atoms with Gasteiger partial charge in [-0.3, -0.25) is 14.7 Å². The van der Waals surface area contributed by atoms with Crippen molar-refractivity contribution in [2.75, 3.05) is 39.3 Å². The highest BCUT2D eigenvalue weighted by atomic mass is 16.6. The first-order chi connectivity index (χ1) is 10.8. The van der Waals surface area contributed by atoms with Gasteiger partial charge < -0.3 is 15.0 Å². The van der Waals surface area contributed by atoms with Crippen molar-refractivity contribution >= 4 is 17.8 Å². The molecule has 0 aromatic rings. The van der Waals surface area contributed by atoms with Gasteiger partial charge in [0.05, 0.1) is 19.6 Å². The van der Waals surface area contributed by atoms with Gasteiger partial charge in [-0.2, -0.15) is 0 Å². The lowest BCUT2D eigenvalue weighted by molar-refractivity contribution is -0.130. The first-order valence-corrected chi connectivity index (χ1v) is 8.38. The number of hydrogen-bond acceptors (Lipinski definition) is 5. The fraction of sp³-hybridized carbons (Fsp3) is 0.812. The molecule has 2 heterocycles. The summed E-state index contributed by atoms with van der Waals surface area (Å²) < 4.78 is 5.38. The third kappa shape index (κ3) is 5.73. The molecular formula is C16H28N4O3. The van der Waals surface area contributed by atoms with Crippen LogP contribution in [0.15, 0.2) is 4.99 Å². The number of hydrogen-bond donors (Lipinski definition) is 1. The van der Waals surface area contributed by atoms with Gasteiger partial charge in [-0.15, -0.1) is 0 Å². The highest BCUT2D eigenvalue weighted by molar-refractivity contribution is 5.91. The molecular weight excluding hydrogens is 296 g/mol. The normalized spacial score (nSPS) is 19.2. The number of likely N-dealkylation sites (tertiary alicyclic amines) is 1. The molecule has 7 heteroatoms. The molecule has 1 saturated heterocycles. The molecule has 0 saturated carbocycles. The van der Waals surface area contributed by atoms with Gasteiger partial charge in [-0.05, 0) is 40.0 Å². The summed E-state index contributed by atoms with van der Waals surface area (Å²) in [6, 6.07) is 0. The minimum Gasteiger partial charge on any atom is -0.444 e. The van der Waals surface area contributed by atoms with Crippen LogP contribution in [0.1, 0.15) is 40.0 Å². The Labute approximate surface area is 138 Å². The standard InChI is InChI=1S/C16H28N4O3/c1-16(2,3)23-15(22)20-10-7-17-13(12-20)18-11-14(21)19-8-5-4-6-9-19/h4-12H2,1-3H3,(H,17,18). The van der Waals surface area contributed by atoms with Gasteiger partial charge in [-0.1, -0.05) is 0 Å². The summed E-state index contributed by atoms with van der Waals surface area (Å²) in [5.41, 5.74) is -0.510. The molecule has 2 aliphatic rings. The predicted octanol–water partition coefficient (Wildman–Crippen LogP) is 1.24. The van der Waals surface area contributed by atoms with Gasteiger partial charge in [0.1, 0.15) is 11.4 Å². The van der Waals surface area contributed by atoms with Gasteiger partial charge in [0.25, 0.3) is 0 Å². The number of nitrogens with zero attached hydrogens (tertiary/aromatic N) is 3. The maximum Gasteiger partial charge on any atom is 0.410 e. The van der Waals surface area contributed by atoms with E-state index in [4.69, 9.17) is 4.74 Å². The van der Waals surface area contributed by atoms with Gasteiger partial charge in [0.2, 0.25) is 5.91 Å². The van der Waals surface area contributed by atoms with E-state index in [0.29, 0.717) is 25.5 Å². The second-order valence-corrected chi connectivity index (χ2v) is 7.03. The van der Waals surface area contributed by atoms with E-state index in [-0.39, 0.29) is 18.5 Å². The maximum atomic E-state index is 12.1. The van der Waals surface area contributed by atoms with E-state index >= 15 is 0 Å². The summed E-state index contributed by atoms with van der Waals surface area (Å²) in [6.07, 6.45) is 3.03.